The van der Waals surface area contributed by atoms with Crippen molar-refractivity contribution in [3.63, 3.8) is 0 Å². The Morgan fingerprint density at radius 2 is 2.12 bits per heavy atom. The number of nitrogens with zero attached hydrogens (tertiary/aromatic N) is 1. The van der Waals surface area contributed by atoms with Crippen LogP contribution >= 0.6 is 15.9 Å². The number of aryl methyl sites for hydroxylation is 1. The van der Waals surface area contributed by atoms with Crippen molar-refractivity contribution in [3.05, 3.63) is 58.3 Å². The standard InChI is InChI=1S/C14H15BrN2/c1-10-5-6-14(13(15)8-10)17-11(2)12-4-3-7-16-9-12/h3-9,11,17H,1-2H3. The maximum absolute atomic E-state index is 4.13. The Bertz CT molecular complexity index is 497. The topological polar surface area (TPSA) is 24.9 Å². The van der Waals surface area contributed by atoms with E-state index in [1.54, 1.807) is 6.20 Å². The number of hydrogen-bond donors (Lipinski definition) is 1. The summed E-state index contributed by atoms with van der Waals surface area (Å²) in [7, 11) is 0. The van der Waals surface area contributed by atoms with Gasteiger partial charge in [0, 0.05) is 22.6 Å². The molecule has 0 saturated heterocycles. The summed E-state index contributed by atoms with van der Waals surface area (Å²) in [6.07, 6.45) is 3.68. The molecule has 1 aromatic carbocycles. The van der Waals surface area contributed by atoms with Crippen LogP contribution in [-0.2, 0) is 0 Å². The van der Waals surface area contributed by atoms with Crippen LogP contribution in [0, 0.1) is 6.92 Å². The minimum Gasteiger partial charge on any atom is -0.378 e. The molecule has 0 radical (unpaired) electrons. The molecule has 88 valence electrons. The Hall–Kier alpha value is -1.35. The van der Waals surface area contributed by atoms with Gasteiger partial charge in [0.05, 0.1) is 6.04 Å². The molecule has 0 fully saturated rings. The van der Waals surface area contributed by atoms with Gasteiger partial charge < -0.3 is 5.32 Å². The number of anilines is 1. The van der Waals surface area contributed by atoms with E-state index in [0.717, 1.165) is 10.2 Å². The summed E-state index contributed by atoms with van der Waals surface area (Å²) in [6.45, 7) is 4.21. The number of rotatable bonds is 3. The summed E-state index contributed by atoms with van der Waals surface area (Å²) in [4.78, 5) is 4.13. The second-order valence-corrected chi connectivity index (χ2v) is 4.99. The average Bonchev–Trinajstić information content (AvgIpc) is 2.34. The fourth-order valence-corrected chi connectivity index (χ4v) is 2.29. The Kier molecular flexibility index (Phi) is 3.79. The van der Waals surface area contributed by atoms with E-state index < -0.39 is 0 Å². The zero-order chi connectivity index (χ0) is 12.3. The lowest BCUT2D eigenvalue weighted by atomic mass is 10.1. The number of halogens is 1. The lowest BCUT2D eigenvalue weighted by molar-refractivity contribution is 0.874. The molecule has 3 heteroatoms. The molecule has 17 heavy (non-hydrogen) atoms. The zero-order valence-corrected chi connectivity index (χ0v) is 11.5. The third kappa shape index (κ3) is 3.07. The van der Waals surface area contributed by atoms with Crippen molar-refractivity contribution in [1.29, 1.82) is 0 Å². The minimum atomic E-state index is 0.239. The van der Waals surface area contributed by atoms with Crippen molar-refractivity contribution >= 4 is 21.6 Å². The van der Waals surface area contributed by atoms with E-state index >= 15 is 0 Å². The first kappa shape index (κ1) is 12.1. The lowest BCUT2D eigenvalue weighted by Gasteiger charge is -2.16. The van der Waals surface area contributed by atoms with Gasteiger partial charge in [-0.2, -0.15) is 0 Å². The minimum absolute atomic E-state index is 0.239. The Morgan fingerprint density at radius 3 is 2.76 bits per heavy atom. The summed E-state index contributed by atoms with van der Waals surface area (Å²) in [5.74, 6) is 0. The third-order valence-electron chi connectivity index (χ3n) is 2.68. The van der Waals surface area contributed by atoms with Crippen LogP contribution in [0.25, 0.3) is 0 Å². The van der Waals surface area contributed by atoms with E-state index in [9.17, 15) is 0 Å². The first-order valence-corrected chi connectivity index (χ1v) is 6.39. The smallest absolute Gasteiger partial charge is 0.0501 e. The highest BCUT2D eigenvalue weighted by Crippen LogP contribution is 2.27. The molecule has 2 aromatic rings. The van der Waals surface area contributed by atoms with Gasteiger partial charge in [-0.25, -0.2) is 0 Å². The van der Waals surface area contributed by atoms with Crippen molar-refractivity contribution in [2.45, 2.75) is 19.9 Å². The zero-order valence-electron chi connectivity index (χ0n) is 9.94. The molecule has 0 amide bonds. The van der Waals surface area contributed by atoms with Crippen LogP contribution in [0.4, 0.5) is 5.69 Å². The van der Waals surface area contributed by atoms with Crippen molar-refractivity contribution in [2.24, 2.45) is 0 Å². The predicted molar refractivity (Wildman–Crippen MR) is 75.2 cm³/mol. The van der Waals surface area contributed by atoms with Gasteiger partial charge in [0.2, 0.25) is 0 Å². The van der Waals surface area contributed by atoms with Gasteiger partial charge in [0.1, 0.15) is 0 Å². The quantitative estimate of drug-likeness (QED) is 0.910. The molecule has 2 nitrogen and oxygen atoms in total. The second kappa shape index (κ2) is 5.32. The molecule has 1 unspecified atom stereocenters. The molecule has 0 saturated carbocycles. The Labute approximate surface area is 110 Å². The first-order valence-electron chi connectivity index (χ1n) is 5.59. The van der Waals surface area contributed by atoms with Gasteiger partial charge >= 0.3 is 0 Å². The van der Waals surface area contributed by atoms with Gasteiger partial charge in [-0.3, -0.25) is 4.98 Å². The van der Waals surface area contributed by atoms with Crippen LogP contribution in [0.1, 0.15) is 24.1 Å². The first-order chi connectivity index (χ1) is 8.16. The van der Waals surface area contributed by atoms with Gasteiger partial charge in [-0.05, 0) is 59.1 Å². The monoisotopic (exact) mass is 290 g/mol. The molecule has 2 rings (SSSR count). The largest absolute Gasteiger partial charge is 0.378 e. The molecule has 1 atom stereocenters. The molecule has 0 bridgehead atoms. The molecule has 1 heterocycles. The normalized spacial score (nSPS) is 12.2. The van der Waals surface area contributed by atoms with Crippen LogP contribution in [0.2, 0.25) is 0 Å². The van der Waals surface area contributed by atoms with E-state index in [-0.39, 0.29) is 6.04 Å². The lowest BCUT2D eigenvalue weighted by Crippen LogP contribution is -2.07. The molecular formula is C14H15BrN2. The number of hydrogen-bond acceptors (Lipinski definition) is 2. The molecule has 0 aliphatic rings. The van der Waals surface area contributed by atoms with Crippen LogP contribution < -0.4 is 5.32 Å². The Morgan fingerprint density at radius 1 is 1.29 bits per heavy atom. The van der Waals surface area contributed by atoms with Gasteiger partial charge in [0.25, 0.3) is 0 Å². The summed E-state index contributed by atoms with van der Waals surface area (Å²) < 4.78 is 1.09. The molecule has 0 aliphatic carbocycles. The number of benzene rings is 1. The molecular weight excluding hydrogens is 276 g/mol. The summed E-state index contributed by atoms with van der Waals surface area (Å²) in [5, 5.41) is 3.47. The van der Waals surface area contributed by atoms with Crippen molar-refractivity contribution in [1.82, 2.24) is 4.98 Å². The van der Waals surface area contributed by atoms with Gasteiger partial charge in [-0.15, -0.1) is 0 Å². The Balaban J connectivity index is 2.16. The number of nitrogens with one attached hydrogen (secondary N) is 1. The maximum Gasteiger partial charge on any atom is 0.0501 e. The average molecular weight is 291 g/mol. The van der Waals surface area contributed by atoms with Crippen molar-refractivity contribution in [3.8, 4) is 0 Å². The van der Waals surface area contributed by atoms with Crippen LogP contribution in [0.5, 0.6) is 0 Å². The fourth-order valence-electron chi connectivity index (χ4n) is 1.69. The molecule has 1 aromatic heterocycles. The van der Waals surface area contributed by atoms with Crippen molar-refractivity contribution in [2.75, 3.05) is 5.32 Å². The summed E-state index contributed by atoms with van der Waals surface area (Å²) >= 11 is 3.57. The van der Waals surface area contributed by atoms with Crippen LogP contribution in [-0.4, -0.2) is 4.98 Å². The number of aromatic nitrogens is 1. The highest BCUT2D eigenvalue weighted by atomic mass is 79.9. The van der Waals surface area contributed by atoms with Gasteiger partial charge in [0.15, 0.2) is 0 Å². The fraction of sp³-hybridized carbons (Fsp3) is 0.214. The highest BCUT2D eigenvalue weighted by Gasteiger charge is 2.07. The van der Waals surface area contributed by atoms with E-state index in [4.69, 9.17) is 0 Å². The van der Waals surface area contributed by atoms with Crippen molar-refractivity contribution < 1.29 is 0 Å². The van der Waals surface area contributed by atoms with E-state index in [0.29, 0.717) is 0 Å². The highest BCUT2D eigenvalue weighted by molar-refractivity contribution is 9.10. The third-order valence-corrected chi connectivity index (χ3v) is 3.34. The predicted octanol–water partition coefficient (Wildman–Crippen LogP) is 4.33. The van der Waals surface area contributed by atoms with E-state index in [1.165, 1.54) is 11.1 Å². The summed E-state index contributed by atoms with van der Waals surface area (Å²) in [6, 6.07) is 10.6. The number of pyridine rings is 1. The molecule has 0 aliphatic heterocycles. The maximum atomic E-state index is 4.13. The van der Waals surface area contributed by atoms with Gasteiger partial charge in [-0.1, -0.05) is 12.1 Å². The van der Waals surface area contributed by atoms with E-state index in [1.807, 2.05) is 12.3 Å². The SMILES string of the molecule is Cc1ccc(NC(C)c2cccnc2)c(Br)c1. The molecule has 0 spiro atoms. The van der Waals surface area contributed by atoms with E-state index in [2.05, 4.69) is 64.3 Å². The molecule has 1 N–H and O–H groups in total. The second-order valence-electron chi connectivity index (χ2n) is 4.14. The van der Waals surface area contributed by atoms with Crippen LogP contribution in [0.15, 0.2) is 47.2 Å². The van der Waals surface area contributed by atoms with Crippen LogP contribution in [0.3, 0.4) is 0 Å². The summed E-state index contributed by atoms with van der Waals surface area (Å²) in [5.41, 5.74) is 3.53.